The van der Waals surface area contributed by atoms with Crippen LogP contribution in [0.1, 0.15) is 19.2 Å². The Morgan fingerprint density at radius 2 is 2.30 bits per heavy atom. The quantitative estimate of drug-likeness (QED) is 0.704. The van der Waals surface area contributed by atoms with Gasteiger partial charge in [0.2, 0.25) is 5.91 Å². The highest BCUT2D eigenvalue weighted by Gasteiger charge is 2.26. The standard InChI is InChI=1S/C11H18N6O2S/c1-2-4-16-8(6-12)14-15-11(16)20-7-9(18)17-5-3-13-10(17)19/h2-7,12H2,1H3,(H,13,19). The number of imide groups is 1. The van der Waals surface area contributed by atoms with Gasteiger partial charge < -0.3 is 15.6 Å². The largest absolute Gasteiger partial charge is 0.336 e. The summed E-state index contributed by atoms with van der Waals surface area (Å²) in [6.07, 6.45) is 0.932. The third-order valence-electron chi connectivity index (χ3n) is 2.91. The molecule has 0 atom stereocenters. The van der Waals surface area contributed by atoms with Crippen molar-refractivity contribution in [1.82, 2.24) is 25.0 Å². The normalized spacial score (nSPS) is 14.7. The van der Waals surface area contributed by atoms with Crippen LogP contribution in [0.3, 0.4) is 0 Å². The zero-order valence-electron chi connectivity index (χ0n) is 11.3. The van der Waals surface area contributed by atoms with Gasteiger partial charge in [-0.3, -0.25) is 9.69 Å². The summed E-state index contributed by atoms with van der Waals surface area (Å²) in [7, 11) is 0. The first-order valence-corrected chi connectivity index (χ1v) is 7.49. The highest BCUT2D eigenvalue weighted by atomic mass is 32.2. The van der Waals surface area contributed by atoms with Crippen LogP contribution in [0, 0.1) is 0 Å². The number of aromatic nitrogens is 3. The molecule has 2 heterocycles. The molecule has 0 radical (unpaired) electrons. The van der Waals surface area contributed by atoms with Gasteiger partial charge in [-0.25, -0.2) is 4.79 Å². The van der Waals surface area contributed by atoms with Crippen molar-refractivity contribution in [3.05, 3.63) is 5.82 Å². The molecular weight excluding hydrogens is 280 g/mol. The van der Waals surface area contributed by atoms with Crippen molar-refractivity contribution < 1.29 is 9.59 Å². The van der Waals surface area contributed by atoms with Gasteiger partial charge in [0.1, 0.15) is 5.82 Å². The lowest BCUT2D eigenvalue weighted by atomic mass is 10.4. The Morgan fingerprint density at radius 1 is 1.50 bits per heavy atom. The topological polar surface area (TPSA) is 106 Å². The summed E-state index contributed by atoms with van der Waals surface area (Å²) < 4.78 is 1.92. The molecule has 0 saturated carbocycles. The highest BCUT2D eigenvalue weighted by molar-refractivity contribution is 7.99. The van der Waals surface area contributed by atoms with E-state index < -0.39 is 0 Å². The van der Waals surface area contributed by atoms with E-state index in [2.05, 4.69) is 22.4 Å². The zero-order valence-corrected chi connectivity index (χ0v) is 12.2. The second-order valence-corrected chi connectivity index (χ2v) is 5.26. The molecule has 8 nitrogen and oxygen atoms in total. The van der Waals surface area contributed by atoms with Crippen LogP contribution in [-0.2, 0) is 17.9 Å². The van der Waals surface area contributed by atoms with Crippen LogP contribution in [-0.4, -0.2) is 50.4 Å². The van der Waals surface area contributed by atoms with Crippen LogP contribution in [0.15, 0.2) is 5.16 Å². The van der Waals surface area contributed by atoms with E-state index >= 15 is 0 Å². The highest BCUT2D eigenvalue weighted by Crippen LogP contribution is 2.18. The van der Waals surface area contributed by atoms with Gasteiger partial charge in [0.15, 0.2) is 5.16 Å². The molecule has 1 aliphatic heterocycles. The van der Waals surface area contributed by atoms with E-state index in [9.17, 15) is 9.59 Å². The van der Waals surface area contributed by atoms with E-state index in [0.29, 0.717) is 30.6 Å². The van der Waals surface area contributed by atoms with Crippen molar-refractivity contribution in [2.75, 3.05) is 18.8 Å². The summed E-state index contributed by atoms with van der Waals surface area (Å²) in [4.78, 5) is 24.5. The number of nitrogens with two attached hydrogens (primary N) is 1. The first-order valence-electron chi connectivity index (χ1n) is 6.50. The molecule has 0 bridgehead atoms. The summed E-state index contributed by atoms with van der Waals surface area (Å²) >= 11 is 1.28. The monoisotopic (exact) mass is 298 g/mol. The average Bonchev–Trinajstić information content (AvgIpc) is 3.03. The van der Waals surface area contributed by atoms with Gasteiger partial charge in [0.05, 0.1) is 12.3 Å². The number of nitrogens with one attached hydrogen (secondary N) is 1. The first-order chi connectivity index (χ1) is 9.67. The Morgan fingerprint density at radius 3 is 2.90 bits per heavy atom. The van der Waals surface area contributed by atoms with Gasteiger partial charge in [0.25, 0.3) is 0 Å². The van der Waals surface area contributed by atoms with E-state index in [0.717, 1.165) is 13.0 Å². The van der Waals surface area contributed by atoms with Crippen molar-refractivity contribution in [2.45, 2.75) is 31.6 Å². The van der Waals surface area contributed by atoms with E-state index in [-0.39, 0.29) is 17.7 Å². The van der Waals surface area contributed by atoms with E-state index in [1.807, 2.05) is 4.57 Å². The number of thioether (sulfide) groups is 1. The van der Waals surface area contributed by atoms with Crippen molar-refractivity contribution in [3.8, 4) is 0 Å². The fourth-order valence-corrected chi connectivity index (χ4v) is 2.80. The lowest BCUT2D eigenvalue weighted by molar-refractivity contribution is -0.124. The van der Waals surface area contributed by atoms with Gasteiger partial charge in [0, 0.05) is 19.6 Å². The molecular formula is C11H18N6O2S. The predicted octanol–water partition coefficient (Wildman–Crippen LogP) is -0.209. The summed E-state index contributed by atoms with van der Waals surface area (Å²) in [5.74, 6) is 0.658. The Labute approximate surface area is 121 Å². The summed E-state index contributed by atoms with van der Waals surface area (Å²) in [6, 6.07) is -0.326. The summed E-state index contributed by atoms with van der Waals surface area (Å²) in [6.45, 7) is 4.07. The molecule has 0 aromatic carbocycles. The Balaban J connectivity index is 1.98. The molecule has 2 rings (SSSR count). The van der Waals surface area contributed by atoms with Crippen molar-refractivity contribution >= 4 is 23.7 Å². The van der Waals surface area contributed by atoms with Crippen molar-refractivity contribution in [3.63, 3.8) is 0 Å². The fourth-order valence-electron chi connectivity index (χ4n) is 1.94. The molecule has 9 heteroatoms. The second-order valence-electron chi connectivity index (χ2n) is 4.32. The molecule has 110 valence electrons. The van der Waals surface area contributed by atoms with Crippen LogP contribution >= 0.6 is 11.8 Å². The summed E-state index contributed by atoms with van der Waals surface area (Å²) in [5, 5.41) is 11.3. The number of carbonyl (C=O) groups is 2. The number of nitrogens with zero attached hydrogens (tertiary/aromatic N) is 4. The van der Waals surface area contributed by atoms with E-state index in [1.54, 1.807) is 0 Å². The fraction of sp³-hybridized carbons (Fsp3) is 0.636. The number of hydrogen-bond donors (Lipinski definition) is 2. The van der Waals surface area contributed by atoms with Crippen LogP contribution in [0.25, 0.3) is 0 Å². The molecule has 20 heavy (non-hydrogen) atoms. The number of amides is 3. The third kappa shape index (κ3) is 3.10. The Hall–Kier alpha value is -1.61. The Bertz CT molecular complexity index is 503. The maximum absolute atomic E-state index is 11.9. The zero-order chi connectivity index (χ0) is 14.5. The lowest BCUT2D eigenvalue weighted by Crippen LogP contribution is -2.35. The number of urea groups is 1. The summed E-state index contributed by atoms with van der Waals surface area (Å²) in [5.41, 5.74) is 5.61. The minimum atomic E-state index is -0.326. The van der Waals surface area contributed by atoms with Gasteiger partial charge in [-0.15, -0.1) is 10.2 Å². The maximum Gasteiger partial charge on any atom is 0.324 e. The maximum atomic E-state index is 11.9. The molecule has 1 aromatic rings. The molecule has 3 amide bonds. The number of rotatable bonds is 6. The van der Waals surface area contributed by atoms with E-state index in [4.69, 9.17) is 5.73 Å². The molecule has 1 aromatic heterocycles. The van der Waals surface area contributed by atoms with Crippen molar-refractivity contribution in [2.24, 2.45) is 5.73 Å². The molecule has 3 N–H and O–H groups in total. The minimum absolute atomic E-state index is 0.167. The van der Waals surface area contributed by atoms with Gasteiger partial charge in [-0.1, -0.05) is 18.7 Å². The smallest absolute Gasteiger partial charge is 0.324 e. The lowest BCUT2D eigenvalue weighted by Gasteiger charge is -2.12. The van der Waals surface area contributed by atoms with Gasteiger partial charge in [-0.2, -0.15) is 0 Å². The molecule has 0 unspecified atom stereocenters. The van der Waals surface area contributed by atoms with Crippen LogP contribution < -0.4 is 11.1 Å². The van der Waals surface area contributed by atoms with E-state index in [1.165, 1.54) is 16.7 Å². The Kier molecular flexibility index (Phi) is 4.96. The van der Waals surface area contributed by atoms with Crippen LogP contribution in [0.4, 0.5) is 4.79 Å². The third-order valence-corrected chi connectivity index (χ3v) is 3.86. The SMILES string of the molecule is CCCn1c(CN)nnc1SCC(=O)N1CCNC1=O. The molecule has 1 fully saturated rings. The van der Waals surface area contributed by atoms with Gasteiger partial charge >= 0.3 is 6.03 Å². The molecule has 0 aliphatic carbocycles. The van der Waals surface area contributed by atoms with Crippen LogP contribution in [0.5, 0.6) is 0 Å². The average molecular weight is 298 g/mol. The molecule has 0 spiro atoms. The molecule has 1 saturated heterocycles. The first kappa shape index (κ1) is 14.8. The predicted molar refractivity (Wildman–Crippen MR) is 74.0 cm³/mol. The number of hydrogen-bond acceptors (Lipinski definition) is 6. The molecule has 1 aliphatic rings. The second kappa shape index (κ2) is 6.71. The van der Waals surface area contributed by atoms with Crippen molar-refractivity contribution in [1.29, 1.82) is 0 Å². The minimum Gasteiger partial charge on any atom is -0.336 e. The van der Waals surface area contributed by atoms with Crippen LogP contribution in [0.2, 0.25) is 0 Å². The number of carbonyl (C=O) groups excluding carboxylic acids is 2. The van der Waals surface area contributed by atoms with Gasteiger partial charge in [-0.05, 0) is 6.42 Å².